The molecule has 1 atom stereocenters. The fourth-order valence-electron chi connectivity index (χ4n) is 1.30. The summed E-state index contributed by atoms with van der Waals surface area (Å²) in [7, 11) is 4.34. The van der Waals surface area contributed by atoms with E-state index in [1.807, 2.05) is 44.4 Å². The van der Waals surface area contributed by atoms with Crippen LogP contribution in [0, 0.1) is 0 Å². The quantitative estimate of drug-likeness (QED) is 0.691. The number of pyridine rings is 1. The van der Waals surface area contributed by atoms with Crippen molar-refractivity contribution in [2.45, 2.75) is 13.8 Å². The minimum atomic E-state index is 0.866. The summed E-state index contributed by atoms with van der Waals surface area (Å²) in [6, 6.07) is 5.98. The highest BCUT2D eigenvalue weighted by atomic mass is 31.0. The molecule has 15 heavy (non-hydrogen) atoms. The number of aromatic nitrogens is 1. The van der Waals surface area contributed by atoms with Crippen molar-refractivity contribution in [2.24, 2.45) is 0 Å². The molecule has 1 unspecified atom stereocenters. The van der Waals surface area contributed by atoms with Gasteiger partial charge in [0.1, 0.15) is 5.75 Å². The molecule has 0 saturated heterocycles. The van der Waals surface area contributed by atoms with Crippen molar-refractivity contribution in [3.05, 3.63) is 30.6 Å². The average Bonchev–Trinajstić information content (AvgIpc) is 2.31. The van der Waals surface area contributed by atoms with Gasteiger partial charge in [0.2, 0.25) is 0 Å². The highest BCUT2D eigenvalue weighted by molar-refractivity contribution is 7.28. The van der Waals surface area contributed by atoms with Crippen molar-refractivity contribution in [1.82, 2.24) is 4.98 Å². The summed E-state index contributed by atoms with van der Waals surface area (Å²) in [4.78, 5) is 4.11. The molecule has 80 valence electrons. The molecule has 2 nitrogen and oxygen atoms in total. The van der Waals surface area contributed by atoms with Crippen LogP contribution in [0.15, 0.2) is 30.6 Å². The van der Waals surface area contributed by atoms with Crippen LogP contribution in [0.5, 0.6) is 5.75 Å². The molecule has 0 amide bonds. The second kappa shape index (κ2) is 5.67. The molecule has 0 saturated carbocycles. The molecule has 0 spiro atoms. The molecule has 0 N–H and O–H groups in total. The number of methoxy groups -OCH3 is 1. The van der Waals surface area contributed by atoms with Gasteiger partial charge in [0, 0.05) is 17.8 Å². The maximum absolute atomic E-state index is 5.13. The Bertz CT molecular complexity index is 443. The molecule has 1 heterocycles. The fourth-order valence-corrected chi connectivity index (χ4v) is 1.65. The third-order valence-corrected chi connectivity index (χ3v) is 2.46. The minimum Gasteiger partial charge on any atom is -0.497 e. The van der Waals surface area contributed by atoms with Gasteiger partial charge in [-0.1, -0.05) is 13.8 Å². The summed E-state index contributed by atoms with van der Waals surface area (Å²) < 4.78 is 5.13. The van der Waals surface area contributed by atoms with Crippen LogP contribution in [0.4, 0.5) is 0 Å². The lowest BCUT2D eigenvalue weighted by Crippen LogP contribution is -1.94. The number of fused-ring (bicyclic) bond motifs is 1. The molecule has 0 fully saturated rings. The van der Waals surface area contributed by atoms with Crippen molar-refractivity contribution < 1.29 is 4.74 Å². The first-order chi connectivity index (χ1) is 7.31. The van der Waals surface area contributed by atoms with E-state index in [0.29, 0.717) is 0 Å². The van der Waals surface area contributed by atoms with Gasteiger partial charge in [0.05, 0.1) is 7.11 Å². The number of hydrogen-bond acceptors (Lipinski definition) is 2. The zero-order valence-corrected chi connectivity index (χ0v) is 10.5. The van der Waals surface area contributed by atoms with Gasteiger partial charge in [-0.25, -0.2) is 0 Å². The van der Waals surface area contributed by atoms with Crippen LogP contribution >= 0.6 is 9.24 Å². The van der Waals surface area contributed by atoms with E-state index < -0.39 is 0 Å². The molecule has 0 radical (unpaired) electrons. The van der Waals surface area contributed by atoms with Crippen molar-refractivity contribution >= 4 is 25.3 Å². The molecule has 0 bridgehead atoms. The average molecular weight is 221 g/mol. The molecular weight excluding hydrogens is 205 g/mol. The van der Waals surface area contributed by atoms with E-state index >= 15 is 0 Å². The van der Waals surface area contributed by atoms with Crippen LogP contribution in [0.2, 0.25) is 0 Å². The van der Waals surface area contributed by atoms with Crippen LogP contribution in [0.3, 0.4) is 0 Å². The predicted octanol–water partition coefficient (Wildman–Crippen LogP) is 2.77. The van der Waals surface area contributed by atoms with Crippen molar-refractivity contribution in [3.63, 3.8) is 0 Å². The van der Waals surface area contributed by atoms with Gasteiger partial charge >= 0.3 is 0 Å². The Kier molecular flexibility index (Phi) is 4.51. The van der Waals surface area contributed by atoms with E-state index in [0.717, 1.165) is 16.4 Å². The maximum Gasteiger partial charge on any atom is 0.119 e. The second-order valence-electron chi connectivity index (χ2n) is 2.82. The Morgan fingerprint density at radius 3 is 2.60 bits per heavy atom. The van der Waals surface area contributed by atoms with Crippen LogP contribution < -0.4 is 10.0 Å². The van der Waals surface area contributed by atoms with Gasteiger partial charge in [-0.15, -0.1) is 9.24 Å². The predicted molar refractivity (Wildman–Crippen MR) is 69.0 cm³/mol. The molecule has 2 rings (SSSR count). The highest BCUT2D eigenvalue weighted by Gasteiger charge is 1.98. The number of ether oxygens (including phenoxy) is 1. The molecule has 2 aromatic rings. The van der Waals surface area contributed by atoms with E-state index in [2.05, 4.69) is 14.2 Å². The van der Waals surface area contributed by atoms with Gasteiger partial charge in [0.15, 0.2) is 0 Å². The van der Waals surface area contributed by atoms with Gasteiger partial charge in [0.25, 0.3) is 0 Å². The topological polar surface area (TPSA) is 22.1 Å². The van der Waals surface area contributed by atoms with E-state index in [9.17, 15) is 0 Å². The smallest absolute Gasteiger partial charge is 0.119 e. The maximum atomic E-state index is 5.13. The first-order valence-electron chi connectivity index (χ1n) is 4.98. The molecule has 1 aromatic carbocycles. The number of rotatable bonds is 1. The zero-order valence-electron chi connectivity index (χ0n) is 9.32. The van der Waals surface area contributed by atoms with Crippen molar-refractivity contribution in [1.29, 1.82) is 0 Å². The van der Waals surface area contributed by atoms with E-state index in [1.165, 1.54) is 5.39 Å². The number of benzene rings is 1. The van der Waals surface area contributed by atoms with Gasteiger partial charge in [-0.2, -0.15) is 0 Å². The van der Waals surface area contributed by atoms with Gasteiger partial charge in [-0.05, 0) is 28.9 Å². The molecular formula is C12H16NOP. The summed E-state index contributed by atoms with van der Waals surface area (Å²) >= 11 is 0. The monoisotopic (exact) mass is 221 g/mol. The van der Waals surface area contributed by atoms with Gasteiger partial charge in [-0.3, -0.25) is 4.98 Å². The summed E-state index contributed by atoms with van der Waals surface area (Å²) in [5.74, 6) is 0.866. The zero-order chi connectivity index (χ0) is 11.3. The summed E-state index contributed by atoms with van der Waals surface area (Å²) in [5.41, 5.74) is 0. The van der Waals surface area contributed by atoms with Crippen LogP contribution in [0.1, 0.15) is 13.8 Å². The molecule has 0 aliphatic rings. The Balaban J connectivity index is 0.000000531. The Labute approximate surface area is 92.9 Å². The lowest BCUT2D eigenvalue weighted by atomic mass is 10.2. The number of nitrogens with zero attached hydrogens (tertiary/aromatic N) is 1. The second-order valence-corrected chi connectivity index (χ2v) is 3.44. The van der Waals surface area contributed by atoms with Crippen LogP contribution in [0.25, 0.3) is 10.8 Å². The fraction of sp³-hybridized carbons (Fsp3) is 0.250. The molecule has 3 heteroatoms. The minimum absolute atomic E-state index is 0.866. The van der Waals surface area contributed by atoms with E-state index in [1.54, 1.807) is 7.11 Å². The van der Waals surface area contributed by atoms with E-state index in [4.69, 9.17) is 4.74 Å². The SMILES string of the molecule is CC.COc1ccc2c(P)cncc2c1. The summed E-state index contributed by atoms with van der Waals surface area (Å²) in [6.07, 6.45) is 3.67. The van der Waals surface area contributed by atoms with Crippen molar-refractivity contribution in [2.75, 3.05) is 7.11 Å². The third-order valence-electron chi connectivity index (χ3n) is 2.00. The van der Waals surface area contributed by atoms with E-state index in [-0.39, 0.29) is 0 Å². The normalized spacial score (nSPS) is 9.33. The van der Waals surface area contributed by atoms with Gasteiger partial charge < -0.3 is 4.74 Å². The lowest BCUT2D eigenvalue weighted by molar-refractivity contribution is 0.415. The van der Waals surface area contributed by atoms with Crippen molar-refractivity contribution in [3.8, 4) is 5.75 Å². The molecule has 0 aliphatic heterocycles. The Morgan fingerprint density at radius 1 is 1.20 bits per heavy atom. The number of hydrogen-bond donors (Lipinski definition) is 0. The molecule has 1 aromatic heterocycles. The standard InChI is InChI=1S/C10H10NOP.C2H6/c1-12-8-2-3-9-7(4-8)5-11-6-10(9)13;1-2/h2-6H,13H2,1H3;1-2H3. The summed E-state index contributed by atoms with van der Waals surface area (Å²) in [6.45, 7) is 4.00. The summed E-state index contributed by atoms with van der Waals surface area (Å²) in [5, 5.41) is 3.41. The first-order valence-corrected chi connectivity index (χ1v) is 5.56. The van der Waals surface area contributed by atoms with Crippen LogP contribution in [-0.4, -0.2) is 12.1 Å². The molecule has 0 aliphatic carbocycles. The Hall–Kier alpha value is -1.14. The largest absolute Gasteiger partial charge is 0.497 e. The lowest BCUT2D eigenvalue weighted by Gasteiger charge is -2.03. The Morgan fingerprint density at radius 2 is 1.93 bits per heavy atom. The first kappa shape index (κ1) is 11.9. The van der Waals surface area contributed by atoms with Crippen LogP contribution in [-0.2, 0) is 0 Å². The third kappa shape index (κ3) is 2.66. The highest BCUT2D eigenvalue weighted by Crippen LogP contribution is 2.19.